The molecule has 2 aromatic rings. The molecule has 0 unspecified atom stereocenters. The molecule has 16 heavy (non-hydrogen) atoms. The van der Waals surface area contributed by atoms with Gasteiger partial charge in [0.25, 0.3) is 0 Å². The van der Waals surface area contributed by atoms with Crippen molar-refractivity contribution in [1.82, 2.24) is 10.3 Å². The van der Waals surface area contributed by atoms with Crippen molar-refractivity contribution in [2.75, 3.05) is 18.5 Å². The maximum atomic E-state index is 11.6. The Morgan fingerprint density at radius 3 is 2.88 bits per heavy atom. The van der Waals surface area contributed by atoms with E-state index in [4.69, 9.17) is 0 Å². The minimum absolute atomic E-state index is 0.124. The molecule has 0 saturated heterocycles. The first-order valence-electron chi connectivity index (χ1n) is 5.11. The SMILES string of the molecule is CCN(C(=O)NC)c1nc2ccccc2s1. The average Bonchev–Trinajstić information content (AvgIpc) is 2.72. The molecule has 0 aliphatic rings. The summed E-state index contributed by atoms with van der Waals surface area (Å²) >= 11 is 1.53. The summed E-state index contributed by atoms with van der Waals surface area (Å²) in [5.41, 5.74) is 0.935. The van der Waals surface area contributed by atoms with Gasteiger partial charge >= 0.3 is 6.03 Å². The fourth-order valence-corrected chi connectivity index (χ4v) is 2.50. The molecule has 1 aromatic heterocycles. The number of aromatic nitrogens is 1. The predicted octanol–water partition coefficient (Wildman–Crippen LogP) is 2.46. The Morgan fingerprint density at radius 1 is 1.50 bits per heavy atom. The van der Waals surface area contributed by atoms with Gasteiger partial charge in [0, 0.05) is 13.6 Å². The lowest BCUT2D eigenvalue weighted by atomic mass is 10.3. The third-order valence-corrected chi connectivity index (χ3v) is 3.35. The van der Waals surface area contributed by atoms with E-state index in [-0.39, 0.29) is 6.03 Å². The second-order valence-electron chi connectivity index (χ2n) is 3.26. The number of fused-ring (bicyclic) bond motifs is 1. The van der Waals surface area contributed by atoms with Gasteiger partial charge in [-0.15, -0.1) is 0 Å². The molecule has 1 heterocycles. The molecular weight excluding hydrogens is 222 g/mol. The number of nitrogens with one attached hydrogen (secondary N) is 1. The molecule has 0 saturated carbocycles. The van der Waals surface area contributed by atoms with Crippen molar-refractivity contribution >= 4 is 32.7 Å². The molecule has 0 aliphatic carbocycles. The van der Waals surface area contributed by atoms with Gasteiger partial charge in [0.05, 0.1) is 10.2 Å². The molecule has 2 rings (SSSR count). The van der Waals surface area contributed by atoms with E-state index in [1.807, 2.05) is 31.2 Å². The van der Waals surface area contributed by atoms with Crippen LogP contribution in [0.25, 0.3) is 10.2 Å². The van der Waals surface area contributed by atoms with Crippen LogP contribution in [0.15, 0.2) is 24.3 Å². The van der Waals surface area contributed by atoms with E-state index in [2.05, 4.69) is 10.3 Å². The molecule has 0 radical (unpaired) electrons. The van der Waals surface area contributed by atoms with E-state index in [9.17, 15) is 4.79 Å². The van der Waals surface area contributed by atoms with E-state index in [0.717, 1.165) is 15.3 Å². The highest BCUT2D eigenvalue weighted by Gasteiger charge is 2.15. The topological polar surface area (TPSA) is 45.2 Å². The Morgan fingerprint density at radius 2 is 2.25 bits per heavy atom. The number of amides is 2. The largest absolute Gasteiger partial charge is 0.341 e. The molecule has 0 bridgehead atoms. The van der Waals surface area contributed by atoms with Crippen LogP contribution in [-0.4, -0.2) is 24.6 Å². The first-order chi connectivity index (χ1) is 7.76. The van der Waals surface area contributed by atoms with Crippen LogP contribution < -0.4 is 10.2 Å². The zero-order valence-electron chi connectivity index (χ0n) is 9.23. The summed E-state index contributed by atoms with van der Waals surface area (Å²) < 4.78 is 1.10. The number of benzene rings is 1. The Kier molecular flexibility index (Phi) is 3.05. The van der Waals surface area contributed by atoms with Crippen molar-refractivity contribution in [3.63, 3.8) is 0 Å². The van der Waals surface area contributed by atoms with Crippen molar-refractivity contribution in [3.05, 3.63) is 24.3 Å². The Balaban J connectivity index is 2.41. The van der Waals surface area contributed by atoms with Crippen molar-refractivity contribution in [3.8, 4) is 0 Å². The number of rotatable bonds is 2. The van der Waals surface area contributed by atoms with Crippen molar-refractivity contribution in [1.29, 1.82) is 0 Å². The fraction of sp³-hybridized carbons (Fsp3) is 0.273. The van der Waals surface area contributed by atoms with Crippen molar-refractivity contribution < 1.29 is 4.79 Å². The zero-order valence-corrected chi connectivity index (χ0v) is 10.0. The maximum Gasteiger partial charge on any atom is 0.323 e. The van der Waals surface area contributed by atoms with Gasteiger partial charge in [-0.3, -0.25) is 4.90 Å². The molecular formula is C11H13N3OS. The Bertz CT molecular complexity index is 476. The molecule has 1 N–H and O–H groups in total. The number of carbonyl (C=O) groups excluding carboxylic acids is 1. The second-order valence-corrected chi connectivity index (χ2v) is 4.27. The highest BCUT2D eigenvalue weighted by Crippen LogP contribution is 2.28. The van der Waals surface area contributed by atoms with Gasteiger partial charge in [-0.25, -0.2) is 9.78 Å². The summed E-state index contributed by atoms with van der Waals surface area (Å²) in [4.78, 5) is 17.7. The number of nitrogens with zero attached hydrogens (tertiary/aromatic N) is 2. The molecule has 0 atom stereocenters. The van der Waals surface area contributed by atoms with Gasteiger partial charge in [-0.05, 0) is 19.1 Å². The summed E-state index contributed by atoms with van der Waals surface area (Å²) in [6, 6.07) is 7.76. The predicted molar refractivity (Wildman–Crippen MR) is 67.1 cm³/mol. The molecule has 2 amide bonds. The summed E-state index contributed by atoms with van der Waals surface area (Å²) in [5, 5.41) is 3.35. The van der Waals surface area contributed by atoms with Gasteiger partial charge < -0.3 is 5.32 Å². The van der Waals surface area contributed by atoms with E-state index < -0.39 is 0 Å². The normalized spacial score (nSPS) is 10.4. The number of anilines is 1. The standard InChI is InChI=1S/C11H13N3OS/c1-3-14(10(15)12-2)11-13-8-6-4-5-7-9(8)16-11/h4-7H,3H2,1-2H3,(H,12,15). The van der Waals surface area contributed by atoms with Crippen LogP contribution in [0.5, 0.6) is 0 Å². The van der Waals surface area contributed by atoms with Gasteiger partial charge in [0.15, 0.2) is 5.13 Å². The van der Waals surface area contributed by atoms with E-state index in [1.165, 1.54) is 11.3 Å². The number of carbonyl (C=O) groups is 1. The quantitative estimate of drug-likeness (QED) is 0.869. The van der Waals surface area contributed by atoms with Gasteiger partial charge in [-0.1, -0.05) is 23.5 Å². The van der Waals surface area contributed by atoms with Crippen molar-refractivity contribution in [2.24, 2.45) is 0 Å². The third-order valence-electron chi connectivity index (χ3n) is 2.29. The van der Waals surface area contributed by atoms with Crippen molar-refractivity contribution in [2.45, 2.75) is 6.92 Å². The number of thiazole rings is 1. The Hall–Kier alpha value is -1.62. The van der Waals surface area contributed by atoms with Crippen LogP contribution in [0.2, 0.25) is 0 Å². The lowest BCUT2D eigenvalue weighted by molar-refractivity contribution is 0.248. The van der Waals surface area contributed by atoms with E-state index >= 15 is 0 Å². The minimum atomic E-state index is -0.124. The molecule has 0 spiro atoms. The van der Waals surface area contributed by atoms with Crippen LogP contribution in [-0.2, 0) is 0 Å². The van der Waals surface area contributed by atoms with E-state index in [0.29, 0.717) is 6.54 Å². The Labute approximate surface area is 97.9 Å². The third kappa shape index (κ3) is 1.86. The van der Waals surface area contributed by atoms with Gasteiger partial charge in [0.1, 0.15) is 0 Å². The zero-order chi connectivity index (χ0) is 11.5. The number of urea groups is 1. The van der Waals surface area contributed by atoms with Crippen LogP contribution in [0.1, 0.15) is 6.92 Å². The van der Waals surface area contributed by atoms with Gasteiger partial charge in [-0.2, -0.15) is 0 Å². The van der Waals surface area contributed by atoms with Crippen LogP contribution in [0, 0.1) is 0 Å². The first kappa shape index (κ1) is 10.9. The maximum absolute atomic E-state index is 11.6. The summed E-state index contributed by atoms with van der Waals surface area (Å²) in [6.07, 6.45) is 0. The second kappa shape index (κ2) is 4.49. The molecule has 1 aromatic carbocycles. The van der Waals surface area contributed by atoms with Crippen LogP contribution >= 0.6 is 11.3 Å². The number of hydrogen-bond donors (Lipinski definition) is 1. The first-order valence-corrected chi connectivity index (χ1v) is 5.92. The monoisotopic (exact) mass is 235 g/mol. The molecule has 0 aliphatic heterocycles. The lowest BCUT2D eigenvalue weighted by Crippen LogP contribution is -2.37. The van der Waals surface area contributed by atoms with Crippen LogP contribution in [0.4, 0.5) is 9.93 Å². The number of para-hydroxylation sites is 1. The highest BCUT2D eigenvalue weighted by atomic mass is 32.1. The minimum Gasteiger partial charge on any atom is -0.341 e. The fourth-order valence-electron chi connectivity index (χ4n) is 1.48. The summed E-state index contributed by atoms with van der Waals surface area (Å²) in [6.45, 7) is 2.54. The summed E-state index contributed by atoms with van der Waals surface area (Å²) in [5.74, 6) is 0. The average molecular weight is 235 g/mol. The number of hydrogen-bond acceptors (Lipinski definition) is 3. The molecule has 5 heteroatoms. The highest BCUT2D eigenvalue weighted by molar-refractivity contribution is 7.22. The summed E-state index contributed by atoms with van der Waals surface area (Å²) in [7, 11) is 1.62. The van der Waals surface area contributed by atoms with Gasteiger partial charge in [0.2, 0.25) is 0 Å². The molecule has 84 valence electrons. The smallest absolute Gasteiger partial charge is 0.323 e. The van der Waals surface area contributed by atoms with E-state index in [1.54, 1.807) is 11.9 Å². The lowest BCUT2D eigenvalue weighted by Gasteiger charge is -2.16. The molecule has 0 fully saturated rings. The molecule has 4 nitrogen and oxygen atoms in total. The van der Waals surface area contributed by atoms with Crippen LogP contribution in [0.3, 0.4) is 0 Å².